The van der Waals surface area contributed by atoms with Gasteiger partial charge in [0.25, 0.3) is 11.1 Å². The van der Waals surface area contributed by atoms with Gasteiger partial charge in [0, 0.05) is 14.1 Å². The van der Waals surface area contributed by atoms with Gasteiger partial charge < -0.3 is 4.74 Å². The van der Waals surface area contributed by atoms with Crippen LogP contribution in [-0.2, 0) is 18.8 Å². The number of benzene rings is 1. The van der Waals surface area contributed by atoms with E-state index in [1.165, 1.54) is 14.1 Å². The van der Waals surface area contributed by atoms with E-state index in [2.05, 4.69) is 0 Å². The first kappa shape index (κ1) is 18.7. The highest BCUT2D eigenvalue weighted by Gasteiger charge is 2.27. The van der Waals surface area contributed by atoms with Crippen molar-refractivity contribution in [2.45, 2.75) is 6.92 Å². The number of pyridine rings is 1. The Bertz CT molecular complexity index is 1240. The molecule has 2 aromatic heterocycles. The van der Waals surface area contributed by atoms with E-state index >= 15 is 0 Å². The van der Waals surface area contributed by atoms with E-state index in [1.54, 1.807) is 37.3 Å². The van der Waals surface area contributed by atoms with Crippen LogP contribution in [0, 0.1) is 0 Å². The Balaban J connectivity index is 2.68. The van der Waals surface area contributed by atoms with Gasteiger partial charge in [0.05, 0.1) is 17.3 Å². The second-order valence-corrected chi connectivity index (χ2v) is 6.17. The Morgan fingerprint density at radius 1 is 1.04 bits per heavy atom. The largest absolute Gasteiger partial charge is 0.462 e. The first-order valence-electron chi connectivity index (χ1n) is 8.08. The molecule has 9 heteroatoms. The third-order valence-corrected chi connectivity index (χ3v) is 4.57. The zero-order valence-electron chi connectivity index (χ0n) is 14.9. The van der Waals surface area contributed by atoms with Gasteiger partial charge in [-0.05, 0) is 19.1 Å². The van der Waals surface area contributed by atoms with Crippen LogP contribution in [0.3, 0.4) is 0 Å². The minimum absolute atomic E-state index is 0.00246. The Kier molecular flexibility index (Phi) is 4.75. The highest BCUT2D eigenvalue weighted by molar-refractivity contribution is 6.38. The molecule has 0 fully saturated rings. The lowest BCUT2D eigenvalue weighted by molar-refractivity contribution is 0.0524. The molecule has 140 valence electrons. The summed E-state index contributed by atoms with van der Waals surface area (Å²) in [6.45, 7) is 1.62. The van der Waals surface area contributed by atoms with Crippen molar-refractivity contribution in [1.29, 1.82) is 0 Å². The van der Waals surface area contributed by atoms with E-state index in [9.17, 15) is 19.2 Å². The molecule has 0 radical (unpaired) electrons. The highest BCUT2D eigenvalue weighted by Crippen LogP contribution is 2.24. The number of hydrogen-bond acceptors (Lipinski definition) is 5. The number of esters is 1. The maximum absolute atomic E-state index is 13.1. The van der Waals surface area contributed by atoms with Gasteiger partial charge in [0.1, 0.15) is 16.6 Å². The van der Waals surface area contributed by atoms with Crippen LogP contribution in [0.2, 0.25) is 5.02 Å². The summed E-state index contributed by atoms with van der Waals surface area (Å²) in [4.78, 5) is 50.7. The number of hydrogen-bond donors (Lipinski definition) is 0. The Morgan fingerprint density at radius 3 is 2.26 bits per heavy atom. The van der Waals surface area contributed by atoms with Crippen molar-refractivity contribution in [3.05, 3.63) is 72.1 Å². The molecule has 27 heavy (non-hydrogen) atoms. The summed E-state index contributed by atoms with van der Waals surface area (Å²) in [5.74, 6) is -0.935. The molecule has 0 aliphatic heterocycles. The number of halogens is 1. The number of para-hydroxylation sites is 1. The third-order valence-electron chi connectivity index (χ3n) is 4.20. The highest BCUT2D eigenvalue weighted by atomic mass is 35.5. The van der Waals surface area contributed by atoms with E-state index in [4.69, 9.17) is 16.3 Å². The molecule has 0 amide bonds. The molecule has 0 bridgehead atoms. The molecular weight excluding hydrogens is 374 g/mol. The van der Waals surface area contributed by atoms with Gasteiger partial charge >= 0.3 is 11.7 Å². The Morgan fingerprint density at radius 2 is 1.67 bits per heavy atom. The van der Waals surface area contributed by atoms with Crippen molar-refractivity contribution in [3.63, 3.8) is 0 Å². The molecule has 0 N–H and O–H groups in total. The van der Waals surface area contributed by atoms with E-state index in [1.807, 2.05) is 0 Å². The molecule has 3 aromatic rings. The summed E-state index contributed by atoms with van der Waals surface area (Å²) in [7, 11) is 2.71. The maximum Gasteiger partial charge on any atom is 0.345 e. The van der Waals surface area contributed by atoms with Crippen molar-refractivity contribution < 1.29 is 9.53 Å². The zero-order chi connectivity index (χ0) is 19.9. The molecule has 0 aliphatic rings. The second kappa shape index (κ2) is 6.88. The lowest BCUT2D eigenvalue weighted by Gasteiger charge is -2.17. The number of aromatic nitrogens is 3. The SMILES string of the molecule is CCOC(=O)c1c(Cl)c2c(=O)n(C)c(=O)n(C)c2n(-c2ccccc2)c1=O. The minimum atomic E-state index is -0.935. The van der Waals surface area contributed by atoms with E-state index in [0.717, 1.165) is 13.7 Å². The van der Waals surface area contributed by atoms with E-state index < -0.39 is 28.3 Å². The summed E-state index contributed by atoms with van der Waals surface area (Å²) in [5.41, 5.74) is -2.20. The molecule has 8 nitrogen and oxygen atoms in total. The fourth-order valence-corrected chi connectivity index (χ4v) is 3.23. The molecule has 3 rings (SSSR count). The van der Waals surface area contributed by atoms with Gasteiger partial charge in [-0.2, -0.15) is 0 Å². The van der Waals surface area contributed by atoms with Crippen molar-refractivity contribution in [2.75, 3.05) is 6.61 Å². The summed E-state index contributed by atoms with van der Waals surface area (Å²) < 4.78 is 8.07. The number of fused-ring (bicyclic) bond motifs is 1. The molecule has 0 spiro atoms. The molecule has 0 saturated heterocycles. The van der Waals surface area contributed by atoms with Crippen LogP contribution in [-0.4, -0.2) is 26.3 Å². The number of aryl methyl sites for hydroxylation is 1. The normalized spacial score (nSPS) is 11.0. The molecular formula is C18H16ClN3O5. The lowest BCUT2D eigenvalue weighted by atomic mass is 10.2. The number of nitrogens with zero attached hydrogens (tertiary/aromatic N) is 3. The van der Waals surface area contributed by atoms with Gasteiger partial charge in [-0.15, -0.1) is 0 Å². The summed E-state index contributed by atoms with van der Waals surface area (Å²) in [6.07, 6.45) is 0. The van der Waals surface area contributed by atoms with Crippen LogP contribution in [0.1, 0.15) is 17.3 Å². The van der Waals surface area contributed by atoms with Gasteiger partial charge in [-0.3, -0.25) is 23.3 Å². The molecule has 0 saturated carbocycles. The Labute approximate surface area is 157 Å². The number of ether oxygens (including phenoxy) is 1. The van der Waals surface area contributed by atoms with Gasteiger partial charge in [0.2, 0.25) is 0 Å². The molecule has 0 unspecified atom stereocenters. The second-order valence-electron chi connectivity index (χ2n) is 5.79. The van der Waals surface area contributed by atoms with Crippen molar-refractivity contribution in [1.82, 2.24) is 13.7 Å². The predicted molar refractivity (Wildman–Crippen MR) is 101 cm³/mol. The van der Waals surface area contributed by atoms with E-state index in [-0.39, 0.29) is 22.7 Å². The minimum Gasteiger partial charge on any atom is -0.462 e. The average molecular weight is 390 g/mol. The molecule has 0 aliphatic carbocycles. The molecule has 1 aromatic carbocycles. The summed E-state index contributed by atoms with van der Waals surface area (Å²) >= 11 is 6.30. The van der Waals surface area contributed by atoms with Crippen LogP contribution >= 0.6 is 11.6 Å². The predicted octanol–water partition coefficient (Wildman–Crippen LogP) is 1.22. The fourth-order valence-electron chi connectivity index (χ4n) is 2.91. The molecule has 2 heterocycles. The van der Waals surface area contributed by atoms with Crippen LogP contribution in [0.4, 0.5) is 0 Å². The quantitative estimate of drug-likeness (QED) is 0.628. The first-order chi connectivity index (χ1) is 12.8. The van der Waals surface area contributed by atoms with Gasteiger partial charge in [0.15, 0.2) is 0 Å². The summed E-state index contributed by atoms with van der Waals surface area (Å²) in [5, 5.41) is -0.454. The fraction of sp³-hybridized carbons (Fsp3) is 0.222. The van der Waals surface area contributed by atoms with Crippen LogP contribution in [0.25, 0.3) is 16.7 Å². The first-order valence-corrected chi connectivity index (χ1v) is 8.45. The number of carbonyl (C=O) groups is 1. The standard InChI is InChI=1S/C18H16ClN3O5/c1-4-27-17(25)12-13(19)11-14(20(2)18(26)21(3)15(11)23)22(16(12)24)10-8-6-5-7-9-10/h5-9H,4H2,1-3H3. The van der Waals surface area contributed by atoms with Crippen molar-refractivity contribution in [2.24, 2.45) is 14.1 Å². The monoisotopic (exact) mass is 389 g/mol. The van der Waals surface area contributed by atoms with Crippen molar-refractivity contribution >= 4 is 28.6 Å². The Hall–Kier alpha value is -3.13. The topological polar surface area (TPSA) is 92.3 Å². The maximum atomic E-state index is 13.1. The smallest absolute Gasteiger partial charge is 0.345 e. The third kappa shape index (κ3) is 2.78. The van der Waals surface area contributed by atoms with Gasteiger partial charge in [-0.1, -0.05) is 29.8 Å². The van der Waals surface area contributed by atoms with Crippen molar-refractivity contribution in [3.8, 4) is 5.69 Å². The number of rotatable bonds is 3. The van der Waals surface area contributed by atoms with Crippen LogP contribution < -0.4 is 16.8 Å². The van der Waals surface area contributed by atoms with Crippen LogP contribution in [0.5, 0.6) is 0 Å². The summed E-state index contributed by atoms with van der Waals surface area (Å²) in [6, 6.07) is 8.35. The van der Waals surface area contributed by atoms with Gasteiger partial charge in [-0.25, -0.2) is 9.59 Å². The lowest BCUT2D eigenvalue weighted by Crippen LogP contribution is -2.41. The zero-order valence-corrected chi connectivity index (χ0v) is 15.6. The number of carbonyl (C=O) groups excluding carboxylic acids is 1. The van der Waals surface area contributed by atoms with E-state index in [0.29, 0.717) is 5.69 Å². The van der Waals surface area contributed by atoms with Crippen LogP contribution in [0.15, 0.2) is 44.7 Å². The average Bonchev–Trinajstić information content (AvgIpc) is 2.65. The molecule has 0 atom stereocenters.